The van der Waals surface area contributed by atoms with Crippen LogP contribution in [0.3, 0.4) is 0 Å². The zero-order valence-electron chi connectivity index (χ0n) is 10.00. The summed E-state index contributed by atoms with van der Waals surface area (Å²) >= 11 is 0. The topological polar surface area (TPSA) is 63.7 Å². The van der Waals surface area contributed by atoms with E-state index in [0.29, 0.717) is 6.54 Å². The Kier molecular flexibility index (Phi) is 2.49. The first-order chi connectivity index (χ1) is 8.74. The van der Waals surface area contributed by atoms with Gasteiger partial charge in [-0.15, -0.1) is 5.10 Å². The number of hydrogen-bond acceptors (Lipinski definition) is 4. The monoisotopic (exact) mass is 240 g/mol. The van der Waals surface area contributed by atoms with Gasteiger partial charge in [-0.25, -0.2) is 9.67 Å². The lowest BCUT2D eigenvalue weighted by molar-refractivity contribution is 0.203. The van der Waals surface area contributed by atoms with Crippen LogP contribution < -0.4 is 4.74 Å². The Labute approximate surface area is 105 Å². The van der Waals surface area contributed by atoms with E-state index >= 15 is 0 Å². The zero-order valence-corrected chi connectivity index (χ0v) is 10.00. The molecule has 1 aromatic heterocycles. The molecule has 0 saturated carbocycles. The minimum absolute atomic E-state index is 0.0649. The first kappa shape index (κ1) is 10.8. The maximum absolute atomic E-state index is 8.66. The molecular weight excluding hydrogens is 228 g/mol. The Morgan fingerprint density at radius 1 is 1.56 bits per heavy atom. The molecule has 5 heteroatoms. The number of nitrogens with zero attached hydrogens (tertiary/aromatic N) is 4. The maximum Gasteiger partial charge on any atom is 0.252 e. The van der Waals surface area contributed by atoms with Crippen molar-refractivity contribution in [2.45, 2.75) is 26.0 Å². The second kappa shape index (κ2) is 4.15. The SMILES string of the molecule is Cc1ccc2c(c1)CC(Cn1cnc(C#N)n1)O2. The van der Waals surface area contributed by atoms with E-state index in [4.69, 9.17) is 10.00 Å². The lowest BCUT2D eigenvalue weighted by atomic mass is 10.1. The molecule has 0 fully saturated rings. The lowest BCUT2D eigenvalue weighted by Gasteiger charge is -2.09. The fraction of sp³-hybridized carbons (Fsp3) is 0.308. The first-order valence-corrected chi connectivity index (χ1v) is 5.80. The summed E-state index contributed by atoms with van der Waals surface area (Å²) in [7, 11) is 0. The fourth-order valence-corrected chi connectivity index (χ4v) is 2.19. The van der Waals surface area contributed by atoms with Gasteiger partial charge in [-0.05, 0) is 18.6 Å². The van der Waals surface area contributed by atoms with Crippen LogP contribution in [0, 0.1) is 18.3 Å². The van der Waals surface area contributed by atoms with Crippen molar-refractivity contribution in [3.63, 3.8) is 0 Å². The van der Waals surface area contributed by atoms with Gasteiger partial charge in [0.15, 0.2) is 0 Å². The summed E-state index contributed by atoms with van der Waals surface area (Å²) in [6.07, 6.45) is 2.50. The number of aryl methyl sites for hydroxylation is 1. The van der Waals surface area contributed by atoms with Crippen molar-refractivity contribution < 1.29 is 4.74 Å². The van der Waals surface area contributed by atoms with Crippen LogP contribution in [0.4, 0.5) is 0 Å². The van der Waals surface area contributed by atoms with Crippen LogP contribution in [-0.4, -0.2) is 20.9 Å². The Balaban J connectivity index is 1.73. The normalized spacial score (nSPS) is 17.0. The van der Waals surface area contributed by atoms with Crippen molar-refractivity contribution >= 4 is 0 Å². The summed E-state index contributed by atoms with van der Waals surface area (Å²) in [6.45, 7) is 2.69. The first-order valence-electron chi connectivity index (χ1n) is 5.80. The number of ether oxygens (including phenoxy) is 1. The van der Waals surface area contributed by atoms with Crippen molar-refractivity contribution in [1.29, 1.82) is 5.26 Å². The number of aromatic nitrogens is 3. The van der Waals surface area contributed by atoms with E-state index in [-0.39, 0.29) is 11.9 Å². The van der Waals surface area contributed by atoms with Crippen LogP contribution in [0.15, 0.2) is 24.5 Å². The molecule has 90 valence electrons. The Bertz CT molecular complexity index is 626. The highest BCUT2D eigenvalue weighted by Gasteiger charge is 2.23. The molecule has 1 aromatic carbocycles. The molecule has 3 rings (SSSR count). The summed E-state index contributed by atoms with van der Waals surface area (Å²) < 4.78 is 7.49. The third kappa shape index (κ3) is 1.93. The third-order valence-corrected chi connectivity index (χ3v) is 2.98. The van der Waals surface area contributed by atoms with Crippen LogP contribution in [0.5, 0.6) is 5.75 Å². The Hall–Kier alpha value is -2.35. The smallest absolute Gasteiger partial charge is 0.252 e. The second-order valence-electron chi connectivity index (χ2n) is 4.46. The van der Waals surface area contributed by atoms with Crippen molar-refractivity contribution in [3.05, 3.63) is 41.5 Å². The predicted molar refractivity (Wildman–Crippen MR) is 64.0 cm³/mol. The molecule has 1 atom stereocenters. The maximum atomic E-state index is 8.66. The van der Waals surface area contributed by atoms with Gasteiger partial charge in [0.2, 0.25) is 0 Å². The average Bonchev–Trinajstić information content (AvgIpc) is 2.95. The quantitative estimate of drug-likeness (QED) is 0.797. The van der Waals surface area contributed by atoms with Gasteiger partial charge in [-0.2, -0.15) is 5.26 Å². The van der Waals surface area contributed by atoms with E-state index in [9.17, 15) is 0 Å². The van der Waals surface area contributed by atoms with Crippen molar-refractivity contribution in [2.75, 3.05) is 0 Å². The van der Waals surface area contributed by atoms with E-state index < -0.39 is 0 Å². The van der Waals surface area contributed by atoms with Crippen LogP contribution in [0.25, 0.3) is 0 Å². The summed E-state index contributed by atoms with van der Waals surface area (Å²) in [4.78, 5) is 3.88. The molecule has 0 aliphatic carbocycles. The largest absolute Gasteiger partial charge is 0.488 e. The van der Waals surface area contributed by atoms with Crippen molar-refractivity contribution in [3.8, 4) is 11.8 Å². The van der Waals surface area contributed by atoms with Gasteiger partial charge in [-0.1, -0.05) is 17.7 Å². The number of hydrogen-bond donors (Lipinski definition) is 0. The molecule has 0 amide bonds. The molecule has 5 nitrogen and oxygen atoms in total. The highest BCUT2D eigenvalue weighted by molar-refractivity contribution is 5.40. The standard InChI is InChI=1S/C13H12N4O/c1-9-2-3-12-10(4-9)5-11(18-12)7-17-8-15-13(6-14)16-17/h2-4,8,11H,5,7H2,1H3. The molecule has 2 aromatic rings. The molecular formula is C13H12N4O. The average molecular weight is 240 g/mol. The van der Waals surface area contributed by atoms with Gasteiger partial charge >= 0.3 is 0 Å². The summed E-state index contributed by atoms with van der Waals surface area (Å²) in [5.74, 6) is 1.15. The van der Waals surface area contributed by atoms with Crippen LogP contribution in [0.1, 0.15) is 17.0 Å². The van der Waals surface area contributed by atoms with Gasteiger partial charge in [0.1, 0.15) is 24.3 Å². The van der Waals surface area contributed by atoms with Crippen molar-refractivity contribution in [2.24, 2.45) is 0 Å². The number of nitriles is 1. The minimum atomic E-state index is 0.0649. The second-order valence-corrected chi connectivity index (χ2v) is 4.46. The van der Waals surface area contributed by atoms with E-state index in [2.05, 4.69) is 23.1 Å². The summed E-state index contributed by atoms with van der Waals surface area (Å²) in [5, 5.41) is 12.7. The number of fused-ring (bicyclic) bond motifs is 1. The molecule has 0 bridgehead atoms. The van der Waals surface area contributed by atoms with Crippen LogP contribution in [-0.2, 0) is 13.0 Å². The molecule has 0 radical (unpaired) electrons. The van der Waals surface area contributed by atoms with Gasteiger partial charge in [-0.3, -0.25) is 0 Å². The summed E-state index contributed by atoms with van der Waals surface area (Å²) in [6, 6.07) is 8.12. The molecule has 1 unspecified atom stereocenters. The highest BCUT2D eigenvalue weighted by Crippen LogP contribution is 2.29. The molecule has 18 heavy (non-hydrogen) atoms. The lowest BCUT2D eigenvalue weighted by Crippen LogP contribution is -2.21. The molecule has 0 saturated heterocycles. The van der Waals surface area contributed by atoms with E-state index in [1.54, 1.807) is 11.0 Å². The van der Waals surface area contributed by atoms with E-state index in [1.807, 2.05) is 18.2 Å². The molecule has 1 aliphatic heterocycles. The van der Waals surface area contributed by atoms with Gasteiger partial charge in [0, 0.05) is 6.42 Å². The minimum Gasteiger partial charge on any atom is -0.488 e. The number of benzene rings is 1. The van der Waals surface area contributed by atoms with Crippen LogP contribution >= 0.6 is 0 Å². The van der Waals surface area contributed by atoms with E-state index in [0.717, 1.165) is 12.2 Å². The number of rotatable bonds is 2. The Morgan fingerprint density at radius 3 is 3.22 bits per heavy atom. The van der Waals surface area contributed by atoms with Crippen molar-refractivity contribution in [1.82, 2.24) is 14.8 Å². The van der Waals surface area contributed by atoms with Gasteiger partial charge in [0.05, 0.1) is 6.54 Å². The van der Waals surface area contributed by atoms with E-state index in [1.165, 1.54) is 11.1 Å². The zero-order chi connectivity index (χ0) is 12.5. The molecule has 2 heterocycles. The van der Waals surface area contributed by atoms with Gasteiger partial charge < -0.3 is 4.74 Å². The fourth-order valence-electron chi connectivity index (χ4n) is 2.19. The molecule has 0 N–H and O–H groups in total. The van der Waals surface area contributed by atoms with Crippen LogP contribution in [0.2, 0.25) is 0 Å². The predicted octanol–water partition coefficient (Wildman–Crippen LogP) is 1.46. The molecule has 0 spiro atoms. The third-order valence-electron chi connectivity index (χ3n) is 2.98. The summed E-state index contributed by atoms with van der Waals surface area (Å²) in [5.41, 5.74) is 2.48. The molecule has 1 aliphatic rings. The van der Waals surface area contributed by atoms with Gasteiger partial charge in [0.25, 0.3) is 5.82 Å². The Morgan fingerprint density at radius 2 is 2.44 bits per heavy atom. The highest BCUT2D eigenvalue weighted by atomic mass is 16.5.